The first-order valence-corrected chi connectivity index (χ1v) is 8.56. The Kier molecular flexibility index (Phi) is 12.5. The number of primary amides is 1. The van der Waals surface area contributed by atoms with Crippen LogP contribution in [-0.4, -0.2) is 68.0 Å². The number of nitrogens with two attached hydrogens (primary N) is 1. The van der Waals surface area contributed by atoms with Crippen LogP contribution in [0.25, 0.3) is 0 Å². The van der Waals surface area contributed by atoms with Gasteiger partial charge in [0.2, 0.25) is 5.91 Å². The van der Waals surface area contributed by atoms with Gasteiger partial charge in [0, 0.05) is 33.1 Å². The third-order valence-electron chi connectivity index (χ3n) is 4.35. The standard InChI is InChI=1S/C16H33N5O.HI/c1-4-20(5-2)10-7-9-19-16(18-3)21-11-6-8-14(13-21)12-15(17)22;/h14H,4-13H2,1-3H3,(H2,17,22)(H,18,19);1H. The fourth-order valence-electron chi connectivity index (χ4n) is 3.08. The molecule has 1 aliphatic rings. The summed E-state index contributed by atoms with van der Waals surface area (Å²) in [5, 5.41) is 3.45. The molecule has 0 bridgehead atoms. The van der Waals surface area contributed by atoms with E-state index in [2.05, 4.69) is 34.0 Å². The quantitative estimate of drug-likeness (QED) is 0.260. The predicted octanol–water partition coefficient (Wildman–Crippen LogP) is 1.50. The summed E-state index contributed by atoms with van der Waals surface area (Å²) in [4.78, 5) is 20.2. The number of carbonyl (C=O) groups is 1. The third kappa shape index (κ3) is 8.74. The van der Waals surface area contributed by atoms with E-state index in [0.717, 1.165) is 64.5 Å². The minimum absolute atomic E-state index is 0. The lowest BCUT2D eigenvalue weighted by Gasteiger charge is -2.34. The van der Waals surface area contributed by atoms with E-state index in [1.165, 1.54) is 0 Å². The van der Waals surface area contributed by atoms with Gasteiger partial charge in [0.25, 0.3) is 0 Å². The summed E-state index contributed by atoms with van der Waals surface area (Å²) >= 11 is 0. The molecule has 3 N–H and O–H groups in total. The Morgan fingerprint density at radius 3 is 2.65 bits per heavy atom. The van der Waals surface area contributed by atoms with Gasteiger partial charge >= 0.3 is 0 Å². The number of likely N-dealkylation sites (tertiary alicyclic amines) is 1. The number of hydrogen-bond acceptors (Lipinski definition) is 3. The van der Waals surface area contributed by atoms with E-state index in [1.807, 2.05) is 7.05 Å². The fraction of sp³-hybridized carbons (Fsp3) is 0.875. The molecule has 0 aromatic rings. The number of halogens is 1. The summed E-state index contributed by atoms with van der Waals surface area (Å²) < 4.78 is 0. The summed E-state index contributed by atoms with van der Waals surface area (Å²) in [6.45, 7) is 10.5. The molecule has 0 spiro atoms. The number of aliphatic imine (C=N–C) groups is 1. The number of nitrogens with zero attached hydrogens (tertiary/aromatic N) is 3. The number of rotatable bonds is 8. The second-order valence-corrected chi connectivity index (χ2v) is 5.98. The van der Waals surface area contributed by atoms with Crippen LogP contribution >= 0.6 is 24.0 Å². The van der Waals surface area contributed by atoms with Crippen LogP contribution in [0.3, 0.4) is 0 Å². The molecule has 1 rings (SSSR count). The second-order valence-electron chi connectivity index (χ2n) is 5.98. The molecule has 7 heteroatoms. The molecule has 136 valence electrons. The van der Waals surface area contributed by atoms with Crippen molar-refractivity contribution in [1.82, 2.24) is 15.1 Å². The van der Waals surface area contributed by atoms with E-state index in [1.54, 1.807) is 0 Å². The van der Waals surface area contributed by atoms with Crippen molar-refractivity contribution in [1.29, 1.82) is 0 Å². The SMILES string of the molecule is CCN(CC)CCCNC(=NC)N1CCCC(CC(N)=O)C1.I. The first-order chi connectivity index (χ1) is 10.6. The number of amides is 1. The van der Waals surface area contributed by atoms with Gasteiger partial charge in [-0.05, 0) is 44.8 Å². The Balaban J connectivity index is 0.00000484. The Morgan fingerprint density at radius 1 is 1.39 bits per heavy atom. The number of guanidine groups is 1. The van der Waals surface area contributed by atoms with Crippen molar-refractivity contribution in [2.45, 2.75) is 39.5 Å². The molecule has 1 amide bonds. The minimum atomic E-state index is -0.200. The predicted molar refractivity (Wildman–Crippen MR) is 107 cm³/mol. The molecule has 1 atom stereocenters. The van der Waals surface area contributed by atoms with E-state index >= 15 is 0 Å². The van der Waals surface area contributed by atoms with Gasteiger partial charge in [-0.25, -0.2) is 0 Å². The Labute approximate surface area is 158 Å². The van der Waals surface area contributed by atoms with Crippen molar-refractivity contribution < 1.29 is 4.79 Å². The molecule has 23 heavy (non-hydrogen) atoms. The molecule has 0 radical (unpaired) electrons. The molecule has 6 nitrogen and oxygen atoms in total. The molecule has 1 heterocycles. The van der Waals surface area contributed by atoms with Crippen LogP contribution < -0.4 is 11.1 Å². The largest absolute Gasteiger partial charge is 0.370 e. The van der Waals surface area contributed by atoms with Crippen LogP contribution in [0.5, 0.6) is 0 Å². The summed E-state index contributed by atoms with van der Waals surface area (Å²) in [5.41, 5.74) is 5.32. The number of carbonyl (C=O) groups excluding carboxylic acids is 1. The Morgan fingerprint density at radius 2 is 2.09 bits per heavy atom. The number of nitrogens with one attached hydrogen (secondary N) is 1. The average Bonchev–Trinajstić information content (AvgIpc) is 2.51. The Bertz CT molecular complexity index is 360. The van der Waals surface area contributed by atoms with Crippen molar-refractivity contribution in [3.63, 3.8) is 0 Å². The molecule has 1 fully saturated rings. The number of hydrogen-bond donors (Lipinski definition) is 2. The summed E-state index contributed by atoms with van der Waals surface area (Å²) in [6, 6.07) is 0. The highest BCUT2D eigenvalue weighted by Crippen LogP contribution is 2.19. The maximum atomic E-state index is 11.1. The fourth-order valence-corrected chi connectivity index (χ4v) is 3.08. The minimum Gasteiger partial charge on any atom is -0.370 e. The van der Waals surface area contributed by atoms with E-state index < -0.39 is 0 Å². The lowest BCUT2D eigenvalue weighted by molar-refractivity contribution is -0.119. The maximum Gasteiger partial charge on any atom is 0.217 e. The molecule has 1 aliphatic heterocycles. The highest BCUT2D eigenvalue weighted by Gasteiger charge is 2.23. The van der Waals surface area contributed by atoms with Gasteiger partial charge in [-0.3, -0.25) is 9.79 Å². The van der Waals surface area contributed by atoms with Crippen molar-refractivity contribution in [2.24, 2.45) is 16.6 Å². The van der Waals surface area contributed by atoms with Crippen LogP contribution in [0.15, 0.2) is 4.99 Å². The lowest BCUT2D eigenvalue weighted by atomic mass is 9.95. The van der Waals surface area contributed by atoms with Gasteiger partial charge in [-0.2, -0.15) is 0 Å². The molecule has 1 unspecified atom stereocenters. The normalized spacial score (nSPS) is 18.7. The van der Waals surface area contributed by atoms with Gasteiger partial charge in [-0.15, -0.1) is 24.0 Å². The van der Waals surface area contributed by atoms with E-state index in [9.17, 15) is 4.79 Å². The molecule has 0 aromatic carbocycles. The molecule has 0 saturated carbocycles. The zero-order valence-electron chi connectivity index (χ0n) is 14.9. The van der Waals surface area contributed by atoms with Crippen molar-refractivity contribution >= 4 is 35.8 Å². The summed E-state index contributed by atoms with van der Waals surface area (Å²) in [5.74, 6) is 1.11. The monoisotopic (exact) mass is 439 g/mol. The zero-order valence-corrected chi connectivity index (χ0v) is 17.2. The van der Waals surface area contributed by atoms with Crippen molar-refractivity contribution in [3.05, 3.63) is 0 Å². The summed E-state index contributed by atoms with van der Waals surface area (Å²) in [6.07, 6.45) is 3.77. The molecular formula is C16H34IN5O. The second kappa shape index (κ2) is 12.8. The highest BCUT2D eigenvalue weighted by atomic mass is 127. The third-order valence-corrected chi connectivity index (χ3v) is 4.35. The van der Waals surface area contributed by atoms with Gasteiger partial charge in [-0.1, -0.05) is 13.8 Å². The highest BCUT2D eigenvalue weighted by molar-refractivity contribution is 14.0. The first kappa shape index (κ1) is 22.4. The molecule has 0 aliphatic carbocycles. The average molecular weight is 439 g/mol. The molecular weight excluding hydrogens is 405 g/mol. The van der Waals surface area contributed by atoms with Gasteiger partial charge in [0.1, 0.15) is 0 Å². The van der Waals surface area contributed by atoms with Gasteiger partial charge in [0.05, 0.1) is 0 Å². The van der Waals surface area contributed by atoms with E-state index in [4.69, 9.17) is 5.73 Å². The van der Waals surface area contributed by atoms with Crippen LogP contribution in [0.1, 0.15) is 39.5 Å². The zero-order chi connectivity index (χ0) is 16.4. The van der Waals surface area contributed by atoms with Gasteiger partial charge < -0.3 is 20.9 Å². The van der Waals surface area contributed by atoms with Crippen LogP contribution in [0, 0.1) is 5.92 Å². The summed E-state index contributed by atoms with van der Waals surface area (Å²) in [7, 11) is 1.82. The smallest absolute Gasteiger partial charge is 0.217 e. The van der Waals surface area contributed by atoms with E-state index in [-0.39, 0.29) is 29.9 Å². The van der Waals surface area contributed by atoms with Crippen molar-refractivity contribution in [3.8, 4) is 0 Å². The maximum absolute atomic E-state index is 11.1. The first-order valence-electron chi connectivity index (χ1n) is 8.56. The molecule has 1 saturated heterocycles. The van der Waals surface area contributed by atoms with Crippen molar-refractivity contribution in [2.75, 3.05) is 46.3 Å². The van der Waals surface area contributed by atoms with Crippen LogP contribution in [0.2, 0.25) is 0 Å². The van der Waals surface area contributed by atoms with Crippen LogP contribution in [0.4, 0.5) is 0 Å². The topological polar surface area (TPSA) is 74.0 Å². The number of piperidine rings is 1. The lowest BCUT2D eigenvalue weighted by Crippen LogP contribution is -2.47. The van der Waals surface area contributed by atoms with E-state index in [0.29, 0.717) is 12.3 Å². The molecule has 0 aromatic heterocycles. The van der Waals surface area contributed by atoms with Crippen LogP contribution in [-0.2, 0) is 4.79 Å². The van der Waals surface area contributed by atoms with Gasteiger partial charge in [0.15, 0.2) is 5.96 Å². The Hall–Kier alpha value is -0.570.